The summed E-state index contributed by atoms with van der Waals surface area (Å²) in [5.74, 6) is 0.296. The van der Waals surface area contributed by atoms with Crippen molar-refractivity contribution in [2.45, 2.75) is 6.92 Å². The number of aromatic nitrogens is 1. The Morgan fingerprint density at radius 2 is 2.10 bits per heavy atom. The van der Waals surface area contributed by atoms with Crippen LogP contribution >= 0.6 is 0 Å². The van der Waals surface area contributed by atoms with E-state index in [2.05, 4.69) is 20.3 Å². The van der Waals surface area contributed by atoms with E-state index in [1.807, 2.05) is 0 Å². The smallest absolute Gasteiger partial charge is 0.311 e. The van der Waals surface area contributed by atoms with Gasteiger partial charge in [0.05, 0.1) is 10.7 Å². The average molecular weight is 303 g/mol. The van der Waals surface area contributed by atoms with Crippen LogP contribution in [0, 0.1) is 10.1 Å². The zero-order valence-corrected chi connectivity index (χ0v) is 12.0. The first-order valence-electron chi connectivity index (χ1n) is 5.94. The van der Waals surface area contributed by atoms with E-state index in [1.54, 1.807) is 14.0 Å². The topological polar surface area (TPSA) is 126 Å². The van der Waals surface area contributed by atoms with Gasteiger partial charge >= 0.3 is 5.69 Å². The molecule has 1 heterocycles. The Kier molecular flexibility index (Phi) is 5.65. The maximum atomic E-state index is 11.4. The van der Waals surface area contributed by atoms with Gasteiger partial charge < -0.3 is 10.6 Å². The summed E-state index contributed by atoms with van der Waals surface area (Å²) in [7, 11) is -1.74. The standard InChI is InChI=1S/C10H17N5O4S/c1-3-13-20(18,19)7-6-12-10-8(15(16)17)4-5-9(11-2)14-10/h4-5,13H,3,6-7H2,1-2H3,(H2,11,12,14). The van der Waals surface area contributed by atoms with Crippen LogP contribution in [0.1, 0.15) is 6.92 Å². The number of hydrogen-bond donors (Lipinski definition) is 3. The summed E-state index contributed by atoms with van der Waals surface area (Å²) in [6.07, 6.45) is 0. The summed E-state index contributed by atoms with van der Waals surface area (Å²) in [4.78, 5) is 14.3. The van der Waals surface area contributed by atoms with E-state index >= 15 is 0 Å². The van der Waals surface area contributed by atoms with Gasteiger partial charge in [0.15, 0.2) is 0 Å². The largest absolute Gasteiger partial charge is 0.373 e. The molecule has 0 saturated carbocycles. The number of nitrogens with zero attached hydrogens (tertiary/aromatic N) is 2. The zero-order chi connectivity index (χ0) is 15.2. The lowest BCUT2D eigenvalue weighted by Gasteiger charge is -2.08. The molecule has 0 aromatic carbocycles. The molecule has 0 aliphatic carbocycles. The molecule has 0 bridgehead atoms. The molecule has 0 unspecified atom stereocenters. The van der Waals surface area contributed by atoms with E-state index < -0.39 is 14.9 Å². The average Bonchev–Trinajstić information content (AvgIpc) is 2.37. The van der Waals surface area contributed by atoms with Crippen molar-refractivity contribution in [1.82, 2.24) is 9.71 Å². The summed E-state index contributed by atoms with van der Waals surface area (Å²) >= 11 is 0. The van der Waals surface area contributed by atoms with Gasteiger partial charge in [-0.15, -0.1) is 0 Å². The quantitative estimate of drug-likeness (QED) is 0.468. The normalized spacial score (nSPS) is 11.1. The molecule has 0 aliphatic rings. The molecule has 20 heavy (non-hydrogen) atoms. The van der Waals surface area contributed by atoms with Crippen molar-refractivity contribution in [3.05, 3.63) is 22.2 Å². The Labute approximate surface area is 117 Å². The number of anilines is 2. The Hall–Kier alpha value is -1.94. The van der Waals surface area contributed by atoms with Gasteiger partial charge in [-0.25, -0.2) is 18.1 Å². The fourth-order valence-electron chi connectivity index (χ4n) is 1.46. The maximum Gasteiger partial charge on any atom is 0.311 e. The summed E-state index contributed by atoms with van der Waals surface area (Å²) in [5.41, 5.74) is -0.204. The number of nitrogens with one attached hydrogen (secondary N) is 3. The molecule has 0 amide bonds. The van der Waals surface area contributed by atoms with E-state index in [0.717, 1.165) is 0 Å². The Bertz CT molecular complexity index is 575. The third-order valence-electron chi connectivity index (χ3n) is 2.35. The highest BCUT2D eigenvalue weighted by atomic mass is 32.2. The van der Waals surface area contributed by atoms with Crippen LogP contribution in [0.15, 0.2) is 12.1 Å². The molecule has 3 N–H and O–H groups in total. The van der Waals surface area contributed by atoms with Crippen LogP contribution in [0.4, 0.5) is 17.3 Å². The summed E-state index contributed by atoms with van der Waals surface area (Å²) < 4.78 is 25.2. The number of nitro groups is 1. The summed E-state index contributed by atoms with van der Waals surface area (Å²) in [6.45, 7) is 2.00. The Balaban J connectivity index is 2.78. The zero-order valence-electron chi connectivity index (χ0n) is 11.2. The Morgan fingerprint density at radius 3 is 2.65 bits per heavy atom. The molecule has 10 heteroatoms. The van der Waals surface area contributed by atoms with Gasteiger partial charge in [-0.3, -0.25) is 10.1 Å². The molecule has 1 aromatic heterocycles. The van der Waals surface area contributed by atoms with Gasteiger partial charge in [-0.1, -0.05) is 6.92 Å². The fraction of sp³-hybridized carbons (Fsp3) is 0.500. The van der Waals surface area contributed by atoms with Crippen molar-refractivity contribution in [1.29, 1.82) is 0 Å². The van der Waals surface area contributed by atoms with Crippen LogP contribution in [0.2, 0.25) is 0 Å². The summed E-state index contributed by atoms with van der Waals surface area (Å²) in [6, 6.07) is 2.78. The molecule has 9 nitrogen and oxygen atoms in total. The first-order chi connectivity index (χ1) is 9.39. The molecule has 1 aromatic rings. The predicted molar refractivity (Wildman–Crippen MR) is 76.4 cm³/mol. The lowest BCUT2D eigenvalue weighted by molar-refractivity contribution is -0.384. The number of rotatable bonds is 8. The second-order valence-electron chi connectivity index (χ2n) is 3.81. The number of hydrogen-bond acceptors (Lipinski definition) is 7. The molecule has 0 radical (unpaired) electrons. The van der Waals surface area contributed by atoms with Gasteiger partial charge in [0.1, 0.15) is 5.82 Å². The van der Waals surface area contributed by atoms with Gasteiger partial charge in [0.25, 0.3) is 0 Å². The highest BCUT2D eigenvalue weighted by Crippen LogP contribution is 2.23. The molecular weight excluding hydrogens is 286 g/mol. The highest BCUT2D eigenvalue weighted by Gasteiger charge is 2.16. The first kappa shape index (κ1) is 16.1. The van der Waals surface area contributed by atoms with Gasteiger partial charge in [0, 0.05) is 26.2 Å². The predicted octanol–water partition coefficient (Wildman–Crippen LogP) is 0.383. The molecular formula is C10H17N5O4S. The minimum absolute atomic E-state index is 0.0241. The minimum Gasteiger partial charge on any atom is -0.373 e. The maximum absolute atomic E-state index is 11.4. The molecule has 112 valence electrons. The van der Waals surface area contributed by atoms with Crippen LogP contribution in [0.3, 0.4) is 0 Å². The second-order valence-corrected chi connectivity index (χ2v) is 5.74. The van der Waals surface area contributed by atoms with Gasteiger partial charge in [0.2, 0.25) is 15.8 Å². The molecule has 0 saturated heterocycles. The number of pyridine rings is 1. The lowest BCUT2D eigenvalue weighted by atomic mass is 10.3. The first-order valence-corrected chi connectivity index (χ1v) is 7.59. The molecule has 0 atom stereocenters. The SMILES string of the molecule is CCNS(=O)(=O)CCNc1nc(NC)ccc1[N+](=O)[O-]. The highest BCUT2D eigenvalue weighted by molar-refractivity contribution is 7.89. The monoisotopic (exact) mass is 303 g/mol. The van der Waals surface area contributed by atoms with E-state index in [9.17, 15) is 18.5 Å². The molecule has 0 spiro atoms. The third kappa shape index (κ3) is 4.63. The molecule has 0 fully saturated rings. The van der Waals surface area contributed by atoms with Crippen molar-refractivity contribution in [2.24, 2.45) is 0 Å². The second kappa shape index (κ2) is 7.01. The van der Waals surface area contributed by atoms with Crippen molar-refractivity contribution in [2.75, 3.05) is 36.5 Å². The van der Waals surface area contributed by atoms with Crippen LogP contribution in [-0.2, 0) is 10.0 Å². The van der Waals surface area contributed by atoms with Crippen LogP contribution in [0.25, 0.3) is 0 Å². The van der Waals surface area contributed by atoms with Crippen LogP contribution in [0.5, 0.6) is 0 Å². The van der Waals surface area contributed by atoms with E-state index in [4.69, 9.17) is 0 Å². The minimum atomic E-state index is -3.38. The molecule has 0 aliphatic heterocycles. The number of sulfonamides is 1. The molecule has 1 rings (SSSR count). The van der Waals surface area contributed by atoms with Crippen LogP contribution in [-0.4, -0.2) is 44.2 Å². The van der Waals surface area contributed by atoms with Crippen molar-refractivity contribution >= 4 is 27.3 Å². The van der Waals surface area contributed by atoms with E-state index in [1.165, 1.54) is 12.1 Å². The van der Waals surface area contributed by atoms with Gasteiger partial charge in [-0.2, -0.15) is 0 Å². The third-order valence-corrected chi connectivity index (χ3v) is 3.82. The Morgan fingerprint density at radius 1 is 1.40 bits per heavy atom. The lowest BCUT2D eigenvalue weighted by Crippen LogP contribution is -2.29. The van der Waals surface area contributed by atoms with Crippen LogP contribution < -0.4 is 15.4 Å². The summed E-state index contributed by atoms with van der Waals surface area (Å²) in [5, 5.41) is 16.3. The fourth-order valence-corrected chi connectivity index (χ4v) is 2.42. The van der Waals surface area contributed by atoms with E-state index in [-0.39, 0.29) is 23.8 Å². The van der Waals surface area contributed by atoms with Crippen molar-refractivity contribution < 1.29 is 13.3 Å². The van der Waals surface area contributed by atoms with Crippen molar-refractivity contribution in [3.63, 3.8) is 0 Å². The van der Waals surface area contributed by atoms with Gasteiger partial charge in [-0.05, 0) is 6.07 Å². The van der Waals surface area contributed by atoms with E-state index in [0.29, 0.717) is 12.4 Å². The van der Waals surface area contributed by atoms with Crippen molar-refractivity contribution in [3.8, 4) is 0 Å².